The minimum Gasteiger partial charge on any atom is -0.334 e. The summed E-state index contributed by atoms with van der Waals surface area (Å²) in [6, 6.07) is 6.81. The molecule has 0 aliphatic carbocycles. The van der Waals surface area contributed by atoms with Gasteiger partial charge in [0, 0.05) is 31.8 Å². The molecular weight excluding hydrogens is 282 g/mol. The van der Waals surface area contributed by atoms with Crippen molar-refractivity contribution in [2.75, 3.05) is 23.7 Å². The molecule has 0 bridgehead atoms. The minimum absolute atomic E-state index is 0.0444. The van der Waals surface area contributed by atoms with Crippen LogP contribution in [0.5, 0.6) is 0 Å². The lowest BCUT2D eigenvalue weighted by Gasteiger charge is -2.20. The van der Waals surface area contributed by atoms with E-state index in [-0.39, 0.29) is 24.3 Å². The second-order valence-corrected chi connectivity index (χ2v) is 5.10. The van der Waals surface area contributed by atoms with Gasteiger partial charge in [0.25, 0.3) is 0 Å². The molecule has 0 aliphatic rings. The second-order valence-electron chi connectivity index (χ2n) is 5.10. The van der Waals surface area contributed by atoms with Crippen LogP contribution < -0.4 is 10.6 Å². The van der Waals surface area contributed by atoms with Crippen molar-refractivity contribution in [3.63, 3.8) is 0 Å². The highest BCUT2D eigenvalue weighted by Gasteiger charge is 2.13. The van der Waals surface area contributed by atoms with Gasteiger partial charge in [-0.25, -0.2) is 0 Å². The third kappa shape index (κ3) is 6.39. The molecule has 0 saturated heterocycles. The Kier molecular flexibility index (Phi) is 7.08. The molecular formula is C16H23N3O3. The maximum absolute atomic E-state index is 12.0. The second kappa shape index (κ2) is 8.81. The molecule has 0 spiro atoms. The number of carbonyl (C=O) groups excluding carboxylic acids is 3. The van der Waals surface area contributed by atoms with Crippen molar-refractivity contribution in [2.45, 2.75) is 33.6 Å². The van der Waals surface area contributed by atoms with Gasteiger partial charge >= 0.3 is 0 Å². The molecule has 0 aliphatic heterocycles. The van der Waals surface area contributed by atoms with Gasteiger partial charge in [0.1, 0.15) is 0 Å². The highest BCUT2D eigenvalue weighted by Crippen LogP contribution is 2.13. The van der Waals surface area contributed by atoms with E-state index >= 15 is 0 Å². The molecule has 2 N–H and O–H groups in total. The van der Waals surface area contributed by atoms with E-state index < -0.39 is 0 Å². The lowest BCUT2D eigenvalue weighted by atomic mass is 10.2. The summed E-state index contributed by atoms with van der Waals surface area (Å²) in [5.74, 6) is -0.493. The van der Waals surface area contributed by atoms with Crippen LogP contribution in [0.15, 0.2) is 24.3 Å². The molecule has 0 saturated carbocycles. The van der Waals surface area contributed by atoms with Gasteiger partial charge in [-0.05, 0) is 30.7 Å². The molecule has 1 aromatic rings. The van der Waals surface area contributed by atoms with Crippen LogP contribution in [0.4, 0.5) is 11.4 Å². The molecule has 0 atom stereocenters. The standard InChI is InChI=1S/C16H23N3O3/c1-4-5-10-19(13(3)21)11-16(22)18-15-8-6-14(7-9-15)17-12(2)20/h6-9H,4-5,10-11H2,1-3H3,(H,17,20)(H,18,22). The van der Waals surface area contributed by atoms with Crippen molar-refractivity contribution < 1.29 is 14.4 Å². The predicted octanol–water partition coefficient (Wildman–Crippen LogP) is 2.23. The van der Waals surface area contributed by atoms with Crippen LogP contribution in [0.2, 0.25) is 0 Å². The Bertz CT molecular complexity index is 526. The molecule has 0 aromatic heterocycles. The fourth-order valence-electron chi connectivity index (χ4n) is 1.91. The fraction of sp³-hybridized carbons (Fsp3) is 0.438. The smallest absolute Gasteiger partial charge is 0.243 e. The number of nitrogens with one attached hydrogen (secondary N) is 2. The first-order valence-electron chi connectivity index (χ1n) is 7.35. The van der Waals surface area contributed by atoms with E-state index in [1.807, 2.05) is 6.92 Å². The van der Waals surface area contributed by atoms with Gasteiger partial charge in [0.05, 0.1) is 6.54 Å². The van der Waals surface area contributed by atoms with E-state index in [1.165, 1.54) is 18.7 Å². The first-order valence-corrected chi connectivity index (χ1v) is 7.35. The van der Waals surface area contributed by atoms with Gasteiger partial charge < -0.3 is 15.5 Å². The zero-order valence-corrected chi connectivity index (χ0v) is 13.3. The van der Waals surface area contributed by atoms with Crippen LogP contribution in [0.25, 0.3) is 0 Å². The van der Waals surface area contributed by atoms with Gasteiger partial charge in [-0.15, -0.1) is 0 Å². The topological polar surface area (TPSA) is 78.5 Å². The number of amides is 3. The number of unbranched alkanes of at least 4 members (excludes halogenated alkanes) is 1. The van der Waals surface area contributed by atoms with Crippen molar-refractivity contribution in [3.8, 4) is 0 Å². The maximum Gasteiger partial charge on any atom is 0.243 e. The van der Waals surface area contributed by atoms with E-state index in [0.29, 0.717) is 17.9 Å². The lowest BCUT2D eigenvalue weighted by molar-refractivity contribution is -0.132. The molecule has 1 aromatic carbocycles. The van der Waals surface area contributed by atoms with Crippen molar-refractivity contribution in [2.24, 2.45) is 0 Å². The van der Waals surface area contributed by atoms with Gasteiger partial charge in [-0.1, -0.05) is 13.3 Å². The lowest BCUT2D eigenvalue weighted by Crippen LogP contribution is -2.37. The number of nitrogens with zero attached hydrogens (tertiary/aromatic N) is 1. The molecule has 3 amide bonds. The van der Waals surface area contributed by atoms with Crippen LogP contribution in [-0.4, -0.2) is 35.7 Å². The van der Waals surface area contributed by atoms with Crippen molar-refractivity contribution in [1.82, 2.24) is 4.90 Å². The maximum atomic E-state index is 12.0. The quantitative estimate of drug-likeness (QED) is 0.811. The van der Waals surface area contributed by atoms with Gasteiger partial charge in [-0.2, -0.15) is 0 Å². The van der Waals surface area contributed by atoms with Crippen LogP contribution in [-0.2, 0) is 14.4 Å². The molecule has 0 radical (unpaired) electrons. The molecule has 0 fully saturated rings. The normalized spacial score (nSPS) is 9.95. The minimum atomic E-state index is -0.237. The number of rotatable bonds is 7. The highest BCUT2D eigenvalue weighted by atomic mass is 16.2. The largest absolute Gasteiger partial charge is 0.334 e. The van der Waals surface area contributed by atoms with Crippen molar-refractivity contribution in [1.29, 1.82) is 0 Å². The molecule has 6 nitrogen and oxygen atoms in total. The highest BCUT2D eigenvalue weighted by molar-refractivity contribution is 5.95. The van der Waals surface area contributed by atoms with Crippen LogP contribution in [0, 0.1) is 0 Å². The molecule has 0 unspecified atom stereocenters. The third-order valence-corrected chi connectivity index (χ3v) is 3.05. The summed E-state index contributed by atoms with van der Waals surface area (Å²) in [4.78, 5) is 35.9. The number of hydrogen-bond acceptors (Lipinski definition) is 3. The summed E-state index contributed by atoms with van der Waals surface area (Å²) in [6.45, 7) is 5.56. The van der Waals surface area contributed by atoms with Crippen molar-refractivity contribution in [3.05, 3.63) is 24.3 Å². The van der Waals surface area contributed by atoms with E-state index in [2.05, 4.69) is 10.6 Å². The zero-order chi connectivity index (χ0) is 16.5. The number of carbonyl (C=O) groups is 3. The van der Waals surface area contributed by atoms with E-state index in [1.54, 1.807) is 24.3 Å². The summed E-state index contributed by atoms with van der Waals surface area (Å²) in [5, 5.41) is 5.39. The summed E-state index contributed by atoms with van der Waals surface area (Å²) in [5.41, 5.74) is 1.29. The molecule has 120 valence electrons. The van der Waals surface area contributed by atoms with Gasteiger partial charge in [0.15, 0.2) is 0 Å². The monoisotopic (exact) mass is 305 g/mol. The Morgan fingerprint density at radius 1 is 1.00 bits per heavy atom. The van der Waals surface area contributed by atoms with Gasteiger partial charge in [-0.3, -0.25) is 14.4 Å². The molecule has 0 heterocycles. The average Bonchev–Trinajstić information content (AvgIpc) is 2.44. The average molecular weight is 305 g/mol. The Balaban J connectivity index is 2.56. The van der Waals surface area contributed by atoms with Crippen LogP contribution >= 0.6 is 0 Å². The fourth-order valence-corrected chi connectivity index (χ4v) is 1.91. The molecule has 6 heteroatoms. The Labute approximate surface area is 130 Å². The van der Waals surface area contributed by atoms with Crippen LogP contribution in [0.3, 0.4) is 0 Å². The number of anilines is 2. The summed E-state index contributed by atoms with van der Waals surface area (Å²) < 4.78 is 0. The number of hydrogen-bond donors (Lipinski definition) is 2. The van der Waals surface area contributed by atoms with E-state index in [0.717, 1.165) is 12.8 Å². The Morgan fingerprint density at radius 3 is 2.00 bits per heavy atom. The Hall–Kier alpha value is -2.37. The Morgan fingerprint density at radius 2 is 1.55 bits per heavy atom. The predicted molar refractivity (Wildman–Crippen MR) is 86.5 cm³/mol. The van der Waals surface area contributed by atoms with Crippen molar-refractivity contribution >= 4 is 29.1 Å². The SMILES string of the molecule is CCCCN(CC(=O)Nc1ccc(NC(C)=O)cc1)C(C)=O. The first kappa shape index (κ1) is 17.7. The third-order valence-electron chi connectivity index (χ3n) is 3.05. The van der Waals surface area contributed by atoms with Gasteiger partial charge in [0.2, 0.25) is 17.7 Å². The first-order chi connectivity index (χ1) is 10.4. The zero-order valence-electron chi connectivity index (χ0n) is 13.3. The molecule has 1 rings (SSSR count). The summed E-state index contributed by atoms with van der Waals surface area (Å²) >= 11 is 0. The summed E-state index contributed by atoms with van der Waals surface area (Å²) in [7, 11) is 0. The van der Waals surface area contributed by atoms with E-state index in [4.69, 9.17) is 0 Å². The van der Waals surface area contributed by atoms with E-state index in [9.17, 15) is 14.4 Å². The molecule has 22 heavy (non-hydrogen) atoms. The number of benzene rings is 1. The van der Waals surface area contributed by atoms with Crippen LogP contribution in [0.1, 0.15) is 33.6 Å². The summed E-state index contributed by atoms with van der Waals surface area (Å²) in [6.07, 6.45) is 1.84.